The molecular weight excluding hydrogens is 353 g/mol. The van der Waals surface area contributed by atoms with Crippen molar-refractivity contribution in [2.45, 2.75) is 6.92 Å². The summed E-state index contributed by atoms with van der Waals surface area (Å²) >= 11 is 0. The summed E-state index contributed by atoms with van der Waals surface area (Å²) in [7, 11) is 1.50. The van der Waals surface area contributed by atoms with Crippen LogP contribution in [0.2, 0.25) is 0 Å². The van der Waals surface area contributed by atoms with E-state index in [2.05, 4.69) is 11.1 Å². The van der Waals surface area contributed by atoms with Crippen LogP contribution < -0.4 is 4.89 Å². The molecule has 0 saturated heterocycles. The molecule has 1 unspecified atom stereocenters. The molecule has 25 heavy (non-hydrogen) atoms. The van der Waals surface area contributed by atoms with Crippen LogP contribution in [-0.4, -0.2) is 84.4 Å². The normalized spacial score (nSPS) is 14.1. The van der Waals surface area contributed by atoms with Gasteiger partial charge in [0, 0.05) is 5.57 Å². The molecule has 0 aliphatic heterocycles. The van der Waals surface area contributed by atoms with Crippen molar-refractivity contribution in [2.75, 3.05) is 73.9 Å². The minimum atomic E-state index is -4.29. The third kappa shape index (κ3) is 16.4. The van der Waals surface area contributed by atoms with Gasteiger partial charge >= 0.3 is 5.97 Å². The van der Waals surface area contributed by atoms with Gasteiger partial charge in [0.1, 0.15) is 19.8 Å². The number of phosphoric acid groups is 1. The third-order valence-electron chi connectivity index (χ3n) is 2.67. The number of nitrogens with zero attached hydrogens (tertiary/aromatic N) is 1. The van der Waals surface area contributed by atoms with Crippen LogP contribution in [0.25, 0.3) is 0 Å². The smallest absolute Gasteiger partial charge is 0.333 e. The highest BCUT2D eigenvalue weighted by Gasteiger charge is 2.13. The first-order valence-corrected chi connectivity index (χ1v) is 9.38. The first-order chi connectivity index (χ1) is 11.5. The number of quaternary nitrogens is 1. The number of hydrogen-bond donors (Lipinski definition) is 0. The van der Waals surface area contributed by atoms with Gasteiger partial charge in [0.05, 0.1) is 54.2 Å². The summed E-state index contributed by atoms with van der Waals surface area (Å²) in [6.45, 7) is 6.55. The maximum Gasteiger partial charge on any atom is 0.333 e. The van der Waals surface area contributed by atoms with Gasteiger partial charge in [-0.05, 0) is 6.92 Å². The zero-order chi connectivity index (χ0) is 19.3. The van der Waals surface area contributed by atoms with Crippen LogP contribution in [-0.2, 0) is 32.6 Å². The molecule has 10 heteroatoms. The van der Waals surface area contributed by atoms with Gasteiger partial charge in [-0.2, -0.15) is 0 Å². The zero-order valence-electron chi connectivity index (χ0n) is 15.5. The summed E-state index contributed by atoms with van der Waals surface area (Å²) in [4.78, 5) is 22.5. The summed E-state index contributed by atoms with van der Waals surface area (Å²) in [6, 6.07) is 0. The van der Waals surface area contributed by atoms with Crippen LogP contribution in [0.3, 0.4) is 0 Å². The van der Waals surface area contributed by atoms with Crippen LogP contribution in [0.1, 0.15) is 6.92 Å². The van der Waals surface area contributed by atoms with Crippen molar-refractivity contribution < 1.29 is 42.0 Å². The molecule has 0 aromatic heterocycles. The summed E-state index contributed by atoms with van der Waals surface area (Å²) < 4.78 is 36.7. The Hall–Kier alpha value is -0.800. The summed E-state index contributed by atoms with van der Waals surface area (Å²) in [5.74, 6) is -0.456. The molecule has 0 radical (unpaired) electrons. The Bertz CT molecular complexity index is 449. The molecule has 0 aliphatic carbocycles. The highest BCUT2D eigenvalue weighted by Crippen LogP contribution is 2.37. The number of ether oxygens (including phenoxy) is 3. The van der Waals surface area contributed by atoms with Crippen LogP contribution in [0.4, 0.5) is 0 Å². The predicted molar refractivity (Wildman–Crippen MR) is 89.8 cm³/mol. The number of hydrogen-bond acceptors (Lipinski definition) is 8. The van der Waals surface area contributed by atoms with Crippen molar-refractivity contribution in [1.82, 2.24) is 0 Å². The highest BCUT2D eigenvalue weighted by molar-refractivity contribution is 7.45. The van der Waals surface area contributed by atoms with E-state index in [-0.39, 0.29) is 39.6 Å². The lowest BCUT2D eigenvalue weighted by atomic mass is 10.4. The van der Waals surface area contributed by atoms with Crippen molar-refractivity contribution in [2.24, 2.45) is 0 Å². The van der Waals surface area contributed by atoms with E-state index in [4.69, 9.17) is 18.7 Å². The fourth-order valence-corrected chi connectivity index (χ4v) is 1.99. The van der Waals surface area contributed by atoms with Gasteiger partial charge in [-0.1, -0.05) is 6.58 Å². The fraction of sp³-hybridized carbons (Fsp3) is 0.800. The molecule has 0 N–H and O–H groups in total. The van der Waals surface area contributed by atoms with E-state index in [1.54, 1.807) is 6.92 Å². The fourth-order valence-electron chi connectivity index (χ4n) is 1.31. The second kappa shape index (κ2) is 12.5. The van der Waals surface area contributed by atoms with Crippen LogP contribution in [0.15, 0.2) is 12.2 Å². The molecule has 1 atom stereocenters. The minimum Gasteiger partial charge on any atom is -0.756 e. The highest BCUT2D eigenvalue weighted by atomic mass is 31.2. The zero-order valence-corrected chi connectivity index (χ0v) is 16.4. The molecule has 0 saturated carbocycles. The Labute approximate surface area is 149 Å². The topological polar surface area (TPSA) is 103 Å². The Kier molecular flexibility index (Phi) is 12.1. The van der Waals surface area contributed by atoms with Crippen molar-refractivity contribution in [3.63, 3.8) is 0 Å². The van der Waals surface area contributed by atoms with Gasteiger partial charge in [0.2, 0.25) is 0 Å². The second-order valence-electron chi connectivity index (χ2n) is 6.27. The Morgan fingerprint density at radius 3 is 1.96 bits per heavy atom. The van der Waals surface area contributed by atoms with Gasteiger partial charge in [0.25, 0.3) is 7.82 Å². The second-order valence-corrected chi connectivity index (χ2v) is 7.68. The summed E-state index contributed by atoms with van der Waals surface area (Å²) in [6.07, 6.45) is 0. The average Bonchev–Trinajstić information content (AvgIpc) is 2.47. The van der Waals surface area contributed by atoms with Gasteiger partial charge in [0.15, 0.2) is 0 Å². The van der Waals surface area contributed by atoms with Gasteiger partial charge in [-0.25, -0.2) is 4.79 Å². The van der Waals surface area contributed by atoms with Crippen molar-refractivity contribution in [3.8, 4) is 0 Å². The van der Waals surface area contributed by atoms with Crippen molar-refractivity contribution in [3.05, 3.63) is 12.2 Å². The summed E-state index contributed by atoms with van der Waals surface area (Å²) in [5, 5.41) is 0. The predicted octanol–water partition coefficient (Wildman–Crippen LogP) is 0.347. The SMILES string of the molecule is C=C(C)C(=O)OCCOCCOCCOP(=O)([O-])OCC[N+](C)(C)C. The van der Waals surface area contributed by atoms with E-state index in [1.165, 1.54) is 0 Å². The quantitative estimate of drug-likeness (QED) is 0.131. The molecule has 0 aliphatic rings. The van der Waals surface area contributed by atoms with E-state index in [1.807, 2.05) is 21.1 Å². The first kappa shape index (κ1) is 24.2. The van der Waals surface area contributed by atoms with Gasteiger partial charge < -0.3 is 32.6 Å². The molecule has 148 valence electrons. The number of rotatable bonds is 15. The largest absolute Gasteiger partial charge is 0.756 e. The van der Waals surface area contributed by atoms with Crippen molar-refractivity contribution in [1.29, 1.82) is 0 Å². The molecule has 0 spiro atoms. The number of phosphoric ester groups is 1. The Morgan fingerprint density at radius 2 is 1.44 bits per heavy atom. The Morgan fingerprint density at radius 1 is 0.960 bits per heavy atom. The molecule has 0 heterocycles. The van der Waals surface area contributed by atoms with E-state index in [0.29, 0.717) is 23.2 Å². The van der Waals surface area contributed by atoms with Crippen LogP contribution in [0.5, 0.6) is 0 Å². The maximum absolute atomic E-state index is 11.5. The van der Waals surface area contributed by atoms with E-state index >= 15 is 0 Å². The number of carbonyl (C=O) groups excluding carboxylic acids is 1. The Balaban J connectivity index is 3.49. The molecule has 0 amide bonds. The first-order valence-electron chi connectivity index (χ1n) is 7.92. The number of esters is 1. The van der Waals surface area contributed by atoms with Crippen molar-refractivity contribution >= 4 is 13.8 Å². The van der Waals surface area contributed by atoms with E-state index in [0.717, 1.165) is 0 Å². The average molecular weight is 383 g/mol. The third-order valence-corrected chi connectivity index (χ3v) is 3.67. The molecule has 0 rings (SSSR count). The van der Waals surface area contributed by atoms with Crippen LogP contribution in [0, 0.1) is 0 Å². The minimum absolute atomic E-state index is 0.0644. The molecule has 0 aromatic rings. The van der Waals surface area contributed by atoms with E-state index < -0.39 is 13.8 Å². The lowest BCUT2D eigenvalue weighted by Crippen LogP contribution is -2.37. The monoisotopic (exact) mass is 383 g/mol. The lowest BCUT2D eigenvalue weighted by Gasteiger charge is -2.27. The molecule has 0 aromatic carbocycles. The van der Waals surface area contributed by atoms with Crippen LogP contribution >= 0.6 is 7.82 Å². The maximum atomic E-state index is 11.5. The van der Waals surface area contributed by atoms with Gasteiger partial charge in [-0.15, -0.1) is 0 Å². The molecule has 0 bridgehead atoms. The standard InChI is InChI=1S/C15H30NO8P/c1-14(2)15(17)22-12-10-20-8-9-21-11-13-24-25(18,19)23-7-6-16(3,4)5/h1,6-13H2,2-5H3. The van der Waals surface area contributed by atoms with Gasteiger partial charge in [-0.3, -0.25) is 4.57 Å². The van der Waals surface area contributed by atoms with E-state index in [9.17, 15) is 14.3 Å². The molecule has 9 nitrogen and oxygen atoms in total. The molecular formula is C15H30NO8P. The lowest BCUT2D eigenvalue weighted by molar-refractivity contribution is -0.870. The number of likely N-dealkylation sites (N-methyl/N-ethyl adjacent to an activating group) is 1. The number of carbonyl (C=O) groups is 1. The summed E-state index contributed by atoms with van der Waals surface area (Å²) in [5.41, 5.74) is 0.334. The molecule has 0 fully saturated rings.